The van der Waals surface area contributed by atoms with Crippen LogP contribution in [0.2, 0.25) is 0 Å². The van der Waals surface area contributed by atoms with Gasteiger partial charge in [0, 0.05) is 0 Å². The van der Waals surface area contributed by atoms with E-state index in [1.54, 1.807) is 7.11 Å². The third-order valence-electron chi connectivity index (χ3n) is 2.80. The third-order valence-corrected chi connectivity index (χ3v) is 2.80. The maximum Gasteiger partial charge on any atom is 0.118 e. The van der Waals surface area contributed by atoms with Crippen molar-refractivity contribution in [3.63, 3.8) is 0 Å². The van der Waals surface area contributed by atoms with E-state index in [-0.39, 0.29) is 0 Å². The van der Waals surface area contributed by atoms with E-state index in [1.807, 2.05) is 12.1 Å². The summed E-state index contributed by atoms with van der Waals surface area (Å²) in [5, 5.41) is 0. The minimum Gasteiger partial charge on any atom is -0.497 e. The number of rotatable bonds is 8. The summed E-state index contributed by atoms with van der Waals surface area (Å²) in [6.45, 7) is 2.25. The normalized spacial score (nSPS) is 10.4. The van der Waals surface area contributed by atoms with E-state index in [0.717, 1.165) is 12.2 Å². The molecule has 0 spiro atoms. The van der Waals surface area contributed by atoms with Gasteiger partial charge in [0.15, 0.2) is 0 Å². The molecule has 0 aliphatic heterocycles. The Hall–Kier alpha value is -0.980. The molecule has 1 heteroatoms. The molecule has 0 saturated heterocycles. The minimum atomic E-state index is 0.937. The van der Waals surface area contributed by atoms with Crippen LogP contribution in [-0.4, -0.2) is 7.11 Å². The van der Waals surface area contributed by atoms with Crippen molar-refractivity contribution < 1.29 is 4.74 Å². The predicted octanol–water partition coefficient (Wildman–Crippen LogP) is 4.41. The van der Waals surface area contributed by atoms with Gasteiger partial charge in [-0.15, -0.1) is 0 Å². The van der Waals surface area contributed by atoms with Crippen LogP contribution in [0.15, 0.2) is 24.3 Å². The van der Waals surface area contributed by atoms with E-state index in [1.165, 1.54) is 37.7 Å². The molecule has 1 rings (SSSR count). The van der Waals surface area contributed by atoms with Gasteiger partial charge in [-0.3, -0.25) is 0 Å². The Labute approximate surface area is 99.8 Å². The lowest BCUT2D eigenvalue weighted by Gasteiger charge is -2.03. The van der Waals surface area contributed by atoms with Crippen LogP contribution in [0.3, 0.4) is 0 Å². The zero-order valence-electron chi connectivity index (χ0n) is 10.5. The van der Waals surface area contributed by atoms with Crippen molar-refractivity contribution in [2.45, 2.75) is 45.4 Å². The monoisotopic (exact) mass is 219 g/mol. The minimum absolute atomic E-state index is 0.937. The van der Waals surface area contributed by atoms with Crippen molar-refractivity contribution in [3.8, 4) is 5.75 Å². The average Bonchev–Trinajstić information content (AvgIpc) is 2.34. The first-order chi connectivity index (χ1) is 7.86. The fourth-order valence-electron chi connectivity index (χ4n) is 1.75. The fraction of sp³-hybridized carbons (Fsp3) is 0.533. The highest BCUT2D eigenvalue weighted by atomic mass is 16.5. The summed E-state index contributed by atoms with van der Waals surface area (Å²) in [6.07, 6.45) is 10.1. The Morgan fingerprint density at radius 3 is 2.44 bits per heavy atom. The Morgan fingerprint density at radius 2 is 1.81 bits per heavy atom. The molecule has 0 amide bonds. The second-order valence-corrected chi connectivity index (χ2v) is 4.19. The summed E-state index contributed by atoms with van der Waals surface area (Å²) in [7, 11) is 1.70. The van der Waals surface area contributed by atoms with Gasteiger partial charge in [-0.1, -0.05) is 44.7 Å². The highest BCUT2D eigenvalue weighted by Gasteiger charge is 1.95. The number of ether oxygens (including phenoxy) is 1. The van der Waals surface area contributed by atoms with Gasteiger partial charge in [-0.25, -0.2) is 0 Å². The second kappa shape index (κ2) is 8.20. The average molecular weight is 219 g/mol. The molecule has 0 heterocycles. The Morgan fingerprint density at radius 1 is 1.06 bits per heavy atom. The van der Waals surface area contributed by atoms with E-state index in [2.05, 4.69) is 25.5 Å². The molecule has 0 aliphatic rings. The highest BCUT2D eigenvalue weighted by molar-refractivity contribution is 5.27. The summed E-state index contributed by atoms with van der Waals surface area (Å²) in [5.74, 6) is 0.937. The molecule has 0 N–H and O–H groups in total. The van der Waals surface area contributed by atoms with Crippen molar-refractivity contribution in [2.24, 2.45) is 0 Å². The van der Waals surface area contributed by atoms with Gasteiger partial charge in [-0.05, 0) is 37.0 Å². The standard InChI is InChI=1S/C15H23O/c1-3-4-5-6-7-8-9-14-10-12-15(16-2)13-11-14/h8,10-13H,3-7,9H2,1-2H3. The molecule has 0 aromatic heterocycles. The van der Waals surface area contributed by atoms with Crippen LogP contribution in [0.4, 0.5) is 0 Å². The summed E-state index contributed by atoms with van der Waals surface area (Å²) in [4.78, 5) is 0. The number of methoxy groups -OCH3 is 1. The smallest absolute Gasteiger partial charge is 0.118 e. The van der Waals surface area contributed by atoms with Gasteiger partial charge < -0.3 is 4.74 Å². The SMILES string of the molecule is CCCCCC[CH]Cc1ccc(OC)cc1. The molecule has 16 heavy (non-hydrogen) atoms. The van der Waals surface area contributed by atoms with Crippen LogP contribution < -0.4 is 4.74 Å². The Kier molecular flexibility index (Phi) is 6.71. The lowest BCUT2D eigenvalue weighted by molar-refractivity contribution is 0.414. The van der Waals surface area contributed by atoms with Gasteiger partial charge in [0.05, 0.1) is 7.11 Å². The zero-order chi connectivity index (χ0) is 11.6. The molecule has 1 nitrogen and oxygen atoms in total. The number of unbranched alkanes of at least 4 members (excludes halogenated alkanes) is 5. The van der Waals surface area contributed by atoms with Crippen molar-refractivity contribution in [1.82, 2.24) is 0 Å². The Balaban J connectivity index is 2.12. The topological polar surface area (TPSA) is 9.23 Å². The van der Waals surface area contributed by atoms with Crippen LogP contribution in [0.25, 0.3) is 0 Å². The van der Waals surface area contributed by atoms with Crippen molar-refractivity contribution >= 4 is 0 Å². The maximum absolute atomic E-state index is 5.13. The molecule has 0 fully saturated rings. The number of hydrogen-bond donors (Lipinski definition) is 0. The molecular weight excluding hydrogens is 196 g/mol. The molecule has 0 saturated carbocycles. The fourth-order valence-corrected chi connectivity index (χ4v) is 1.75. The van der Waals surface area contributed by atoms with Crippen LogP contribution in [0, 0.1) is 6.42 Å². The Bertz CT molecular complexity index is 263. The largest absolute Gasteiger partial charge is 0.497 e. The first kappa shape index (κ1) is 13.1. The summed E-state index contributed by atoms with van der Waals surface area (Å²) < 4.78 is 5.13. The molecule has 0 atom stereocenters. The summed E-state index contributed by atoms with van der Waals surface area (Å²) in [5.41, 5.74) is 1.37. The van der Waals surface area contributed by atoms with Crippen LogP contribution >= 0.6 is 0 Å². The third kappa shape index (κ3) is 5.20. The first-order valence-corrected chi connectivity index (χ1v) is 6.31. The molecule has 0 aliphatic carbocycles. The van der Waals surface area contributed by atoms with Gasteiger partial charge in [-0.2, -0.15) is 0 Å². The molecule has 0 bridgehead atoms. The van der Waals surface area contributed by atoms with E-state index < -0.39 is 0 Å². The molecule has 1 radical (unpaired) electrons. The highest BCUT2D eigenvalue weighted by Crippen LogP contribution is 2.13. The molecule has 89 valence electrons. The predicted molar refractivity (Wildman–Crippen MR) is 69.8 cm³/mol. The second-order valence-electron chi connectivity index (χ2n) is 4.19. The molecule has 0 unspecified atom stereocenters. The summed E-state index contributed by atoms with van der Waals surface area (Å²) >= 11 is 0. The first-order valence-electron chi connectivity index (χ1n) is 6.31. The molecule has 1 aromatic rings. The lowest BCUT2D eigenvalue weighted by Crippen LogP contribution is -1.88. The van der Waals surface area contributed by atoms with Crippen LogP contribution in [0.5, 0.6) is 5.75 Å². The van der Waals surface area contributed by atoms with E-state index >= 15 is 0 Å². The van der Waals surface area contributed by atoms with Gasteiger partial charge >= 0.3 is 0 Å². The zero-order valence-corrected chi connectivity index (χ0v) is 10.5. The number of benzene rings is 1. The van der Waals surface area contributed by atoms with E-state index in [4.69, 9.17) is 4.74 Å². The van der Waals surface area contributed by atoms with Gasteiger partial charge in [0.2, 0.25) is 0 Å². The summed E-state index contributed by atoms with van der Waals surface area (Å²) in [6, 6.07) is 8.34. The lowest BCUT2D eigenvalue weighted by atomic mass is 10.1. The molecular formula is C15H23O. The van der Waals surface area contributed by atoms with E-state index in [0.29, 0.717) is 0 Å². The maximum atomic E-state index is 5.13. The molecule has 1 aromatic carbocycles. The number of hydrogen-bond acceptors (Lipinski definition) is 1. The van der Waals surface area contributed by atoms with Crippen LogP contribution in [0.1, 0.15) is 44.6 Å². The van der Waals surface area contributed by atoms with Crippen molar-refractivity contribution in [3.05, 3.63) is 36.2 Å². The van der Waals surface area contributed by atoms with Crippen LogP contribution in [-0.2, 0) is 6.42 Å². The van der Waals surface area contributed by atoms with Gasteiger partial charge in [0.1, 0.15) is 5.75 Å². The van der Waals surface area contributed by atoms with E-state index in [9.17, 15) is 0 Å². The van der Waals surface area contributed by atoms with Gasteiger partial charge in [0.25, 0.3) is 0 Å². The van der Waals surface area contributed by atoms with Crippen molar-refractivity contribution in [1.29, 1.82) is 0 Å². The quantitative estimate of drug-likeness (QED) is 0.588. The van der Waals surface area contributed by atoms with Crippen molar-refractivity contribution in [2.75, 3.05) is 7.11 Å².